The standard InChI is InChI=1S/C22H26N2O6S/c1-11(25)16-15-9-14(12-6-5-7-13(8-12)18(23)31)17(24(15)19(16)26)20(27)29-10-30-21(28)22(2,3)4/h5-8,11,15-16,25H,9-10H2,1-4H3,(H2,23,31)/t11-,15?,16?/m1/s1. The van der Waals surface area contributed by atoms with Crippen LogP contribution in [0.5, 0.6) is 0 Å². The van der Waals surface area contributed by atoms with Gasteiger partial charge in [-0.2, -0.15) is 0 Å². The summed E-state index contributed by atoms with van der Waals surface area (Å²) in [5, 5.41) is 9.99. The van der Waals surface area contributed by atoms with Crippen LogP contribution in [-0.4, -0.2) is 51.8 Å². The lowest BCUT2D eigenvalue weighted by Crippen LogP contribution is -2.61. The Morgan fingerprint density at radius 3 is 2.58 bits per heavy atom. The second-order valence-corrected chi connectivity index (χ2v) is 9.19. The van der Waals surface area contributed by atoms with Gasteiger partial charge < -0.3 is 25.2 Å². The third-order valence-corrected chi connectivity index (χ3v) is 5.65. The minimum absolute atomic E-state index is 0.0822. The molecule has 3 atom stereocenters. The van der Waals surface area contributed by atoms with E-state index < -0.39 is 36.2 Å². The Hall–Kier alpha value is -2.78. The summed E-state index contributed by atoms with van der Waals surface area (Å²) in [4.78, 5) is 39.0. The summed E-state index contributed by atoms with van der Waals surface area (Å²) in [6, 6.07) is 6.70. The fourth-order valence-electron chi connectivity index (χ4n) is 3.80. The maximum absolute atomic E-state index is 12.9. The molecule has 3 N–H and O–H groups in total. The van der Waals surface area contributed by atoms with Crippen LogP contribution >= 0.6 is 12.2 Å². The van der Waals surface area contributed by atoms with Crippen LogP contribution in [0.3, 0.4) is 0 Å². The first-order chi connectivity index (χ1) is 14.4. The number of hydrogen-bond donors (Lipinski definition) is 2. The second kappa shape index (κ2) is 8.39. The number of esters is 2. The molecule has 2 unspecified atom stereocenters. The highest BCUT2D eigenvalue weighted by Gasteiger charge is 2.57. The fraction of sp³-hybridized carbons (Fsp3) is 0.455. The van der Waals surface area contributed by atoms with Gasteiger partial charge in [0.1, 0.15) is 10.7 Å². The highest BCUT2D eigenvalue weighted by Crippen LogP contribution is 2.47. The van der Waals surface area contributed by atoms with Gasteiger partial charge in [-0.3, -0.25) is 9.59 Å². The number of hydrogen-bond acceptors (Lipinski definition) is 7. The summed E-state index contributed by atoms with van der Waals surface area (Å²) in [5.41, 5.74) is 6.96. The number of carbonyl (C=O) groups is 3. The van der Waals surface area contributed by atoms with Gasteiger partial charge in [-0.25, -0.2) is 4.79 Å². The van der Waals surface area contributed by atoms with Gasteiger partial charge in [-0.05, 0) is 51.3 Å². The van der Waals surface area contributed by atoms with Crippen LogP contribution < -0.4 is 5.73 Å². The molecule has 8 nitrogen and oxygen atoms in total. The SMILES string of the molecule is C[C@@H](O)C1C(=O)N2C(C(=O)OCOC(=O)C(C)(C)C)=C(c3cccc(C(N)=S)c3)CC12. The molecule has 0 spiro atoms. The van der Waals surface area contributed by atoms with Gasteiger partial charge in [0, 0.05) is 5.56 Å². The van der Waals surface area contributed by atoms with Crippen molar-refractivity contribution in [2.45, 2.75) is 46.3 Å². The van der Waals surface area contributed by atoms with E-state index in [1.54, 1.807) is 52.0 Å². The van der Waals surface area contributed by atoms with Gasteiger partial charge in [0.15, 0.2) is 0 Å². The quantitative estimate of drug-likeness (QED) is 0.294. The predicted octanol–water partition coefficient (Wildman–Crippen LogP) is 1.73. The molecule has 9 heteroatoms. The monoisotopic (exact) mass is 446 g/mol. The molecule has 0 aliphatic carbocycles. The van der Waals surface area contributed by atoms with E-state index in [-0.39, 0.29) is 22.6 Å². The Morgan fingerprint density at radius 2 is 2.00 bits per heavy atom. The van der Waals surface area contributed by atoms with Gasteiger partial charge in [0.25, 0.3) is 0 Å². The summed E-state index contributed by atoms with van der Waals surface area (Å²) in [6.07, 6.45) is -0.477. The maximum Gasteiger partial charge on any atom is 0.358 e. The van der Waals surface area contributed by atoms with E-state index in [4.69, 9.17) is 27.4 Å². The van der Waals surface area contributed by atoms with Crippen LogP contribution in [0, 0.1) is 11.3 Å². The molecule has 0 saturated carbocycles. The summed E-state index contributed by atoms with van der Waals surface area (Å²) in [6.45, 7) is 6.04. The van der Waals surface area contributed by atoms with Crippen LogP contribution in [0.15, 0.2) is 30.0 Å². The second-order valence-electron chi connectivity index (χ2n) is 8.75. The maximum atomic E-state index is 12.9. The normalized spacial score (nSPS) is 21.3. The van der Waals surface area contributed by atoms with Crippen molar-refractivity contribution in [1.29, 1.82) is 0 Å². The lowest BCUT2D eigenvalue weighted by molar-refractivity contribution is -0.175. The number of aliphatic hydroxyl groups is 1. The van der Waals surface area contributed by atoms with E-state index in [2.05, 4.69) is 0 Å². The minimum atomic E-state index is -0.846. The van der Waals surface area contributed by atoms with Crippen molar-refractivity contribution in [3.8, 4) is 0 Å². The number of aliphatic hydroxyl groups excluding tert-OH is 1. The molecule has 2 aliphatic rings. The first kappa shape index (κ1) is 22.9. The Morgan fingerprint density at radius 1 is 1.32 bits per heavy atom. The van der Waals surface area contributed by atoms with Crippen molar-refractivity contribution < 1.29 is 29.0 Å². The third kappa shape index (κ3) is 4.33. The number of β-lactam (4-membered cyclic amide) rings is 1. The first-order valence-corrected chi connectivity index (χ1v) is 10.3. The van der Waals surface area contributed by atoms with Crippen LogP contribution in [0.4, 0.5) is 0 Å². The Kier molecular flexibility index (Phi) is 6.20. The Labute approximate surface area is 186 Å². The average molecular weight is 447 g/mol. The smallest absolute Gasteiger partial charge is 0.358 e. The summed E-state index contributed by atoms with van der Waals surface area (Å²) < 4.78 is 10.2. The fourth-order valence-corrected chi connectivity index (χ4v) is 3.93. The van der Waals surface area contributed by atoms with Crippen LogP contribution in [0.25, 0.3) is 5.57 Å². The molecular formula is C22H26N2O6S. The highest BCUT2D eigenvalue weighted by molar-refractivity contribution is 7.80. The van der Waals surface area contributed by atoms with Crippen LogP contribution in [0.1, 0.15) is 45.2 Å². The van der Waals surface area contributed by atoms with Crippen molar-refractivity contribution in [3.63, 3.8) is 0 Å². The molecule has 31 heavy (non-hydrogen) atoms. The Balaban J connectivity index is 1.90. The van der Waals surface area contributed by atoms with E-state index in [1.807, 2.05) is 0 Å². The van der Waals surface area contributed by atoms with Crippen molar-refractivity contribution in [3.05, 3.63) is 41.1 Å². The molecule has 0 radical (unpaired) electrons. The number of fused-ring (bicyclic) bond motifs is 1. The zero-order chi connectivity index (χ0) is 23.1. The average Bonchev–Trinajstić information content (AvgIpc) is 3.01. The van der Waals surface area contributed by atoms with Gasteiger partial charge in [0.2, 0.25) is 12.7 Å². The zero-order valence-electron chi connectivity index (χ0n) is 17.9. The molecule has 2 aliphatic heterocycles. The first-order valence-electron chi connectivity index (χ1n) is 9.92. The molecule has 1 aromatic carbocycles. The predicted molar refractivity (Wildman–Crippen MR) is 116 cm³/mol. The number of nitrogens with two attached hydrogens (primary N) is 1. The van der Waals surface area contributed by atoms with E-state index in [0.29, 0.717) is 23.1 Å². The molecular weight excluding hydrogens is 420 g/mol. The molecule has 2 heterocycles. The number of rotatable bonds is 6. The highest BCUT2D eigenvalue weighted by atomic mass is 32.1. The van der Waals surface area contributed by atoms with Gasteiger partial charge in [-0.15, -0.1) is 0 Å². The topological polar surface area (TPSA) is 119 Å². The number of thiocarbonyl (C=S) groups is 1. The lowest BCUT2D eigenvalue weighted by atomic mass is 9.82. The molecule has 1 amide bonds. The minimum Gasteiger partial charge on any atom is -0.427 e. The number of carbonyl (C=O) groups excluding carboxylic acids is 3. The third-order valence-electron chi connectivity index (χ3n) is 5.41. The van der Waals surface area contributed by atoms with Gasteiger partial charge in [-0.1, -0.05) is 30.4 Å². The molecule has 166 valence electrons. The summed E-state index contributed by atoms with van der Waals surface area (Å²) >= 11 is 5.04. The largest absolute Gasteiger partial charge is 0.427 e. The summed E-state index contributed by atoms with van der Waals surface area (Å²) in [7, 11) is 0. The van der Waals surface area contributed by atoms with E-state index in [0.717, 1.165) is 0 Å². The van der Waals surface area contributed by atoms with Crippen molar-refractivity contribution in [1.82, 2.24) is 4.90 Å². The van der Waals surface area contributed by atoms with Crippen molar-refractivity contribution >= 4 is 40.6 Å². The van der Waals surface area contributed by atoms with Crippen LogP contribution in [0.2, 0.25) is 0 Å². The molecule has 0 bridgehead atoms. The molecule has 1 saturated heterocycles. The van der Waals surface area contributed by atoms with Crippen molar-refractivity contribution in [2.75, 3.05) is 6.79 Å². The number of ether oxygens (including phenoxy) is 2. The zero-order valence-corrected chi connectivity index (χ0v) is 18.7. The Bertz CT molecular complexity index is 978. The number of benzene rings is 1. The van der Waals surface area contributed by atoms with E-state index in [9.17, 15) is 19.5 Å². The molecule has 0 aromatic heterocycles. The number of nitrogens with zero attached hydrogens (tertiary/aromatic N) is 1. The van der Waals surface area contributed by atoms with Crippen molar-refractivity contribution in [2.24, 2.45) is 17.1 Å². The van der Waals surface area contributed by atoms with E-state index >= 15 is 0 Å². The van der Waals surface area contributed by atoms with Crippen LogP contribution in [-0.2, 0) is 23.9 Å². The molecule has 1 aromatic rings. The van der Waals surface area contributed by atoms with Gasteiger partial charge >= 0.3 is 11.9 Å². The van der Waals surface area contributed by atoms with E-state index in [1.165, 1.54) is 4.90 Å². The summed E-state index contributed by atoms with van der Waals surface area (Å²) in [5.74, 6) is -2.24. The molecule has 1 fully saturated rings. The lowest BCUT2D eigenvalue weighted by Gasteiger charge is -2.44. The molecule has 3 rings (SSSR count). The number of amides is 1. The van der Waals surface area contributed by atoms with Gasteiger partial charge in [0.05, 0.1) is 23.5 Å².